The number of amides is 2. The van der Waals surface area contributed by atoms with E-state index in [-0.39, 0.29) is 18.7 Å². The van der Waals surface area contributed by atoms with E-state index in [2.05, 4.69) is 10.6 Å². The Kier molecular flexibility index (Phi) is 5.52. The molecule has 1 aromatic carbocycles. The molecule has 0 saturated carbocycles. The van der Waals surface area contributed by atoms with Gasteiger partial charge in [-0.25, -0.2) is 4.79 Å². The average Bonchev–Trinajstić information content (AvgIpc) is 2.36. The normalized spacial score (nSPS) is 11.2. The summed E-state index contributed by atoms with van der Waals surface area (Å²) in [6.07, 6.45) is 0.874. The van der Waals surface area contributed by atoms with Crippen LogP contribution in [0, 0.1) is 11.3 Å². The molecule has 0 aliphatic carbocycles. The molecule has 1 aromatic rings. The highest BCUT2D eigenvalue weighted by Gasteiger charge is 2.05. The summed E-state index contributed by atoms with van der Waals surface area (Å²) in [4.78, 5) is 11.6. The molecule has 1 unspecified atom stereocenters. The number of rotatable bonds is 5. The fraction of sp³-hybridized carbons (Fsp3) is 0.385. The summed E-state index contributed by atoms with van der Waals surface area (Å²) in [6, 6.07) is 8.69. The fourth-order valence-corrected chi connectivity index (χ4v) is 1.27. The van der Waals surface area contributed by atoms with Gasteiger partial charge in [-0.2, -0.15) is 5.26 Å². The number of hydrogen-bond donors (Lipinski definition) is 2. The van der Waals surface area contributed by atoms with E-state index in [9.17, 15) is 4.79 Å². The first-order chi connectivity index (χ1) is 8.65. The van der Waals surface area contributed by atoms with E-state index in [4.69, 9.17) is 10.00 Å². The van der Waals surface area contributed by atoms with Crippen LogP contribution in [0.2, 0.25) is 0 Å². The third-order valence-corrected chi connectivity index (χ3v) is 2.39. The monoisotopic (exact) mass is 247 g/mol. The van der Waals surface area contributed by atoms with E-state index < -0.39 is 0 Å². The van der Waals surface area contributed by atoms with Gasteiger partial charge in [-0.15, -0.1) is 0 Å². The minimum absolute atomic E-state index is 0.0114. The van der Waals surface area contributed by atoms with E-state index in [1.807, 2.05) is 19.9 Å². The van der Waals surface area contributed by atoms with Crippen molar-refractivity contribution in [3.8, 4) is 11.8 Å². The van der Waals surface area contributed by atoms with Crippen molar-refractivity contribution in [1.82, 2.24) is 5.32 Å². The lowest BCUT2D eigenvalue weighted by molar-refractivity contribution is 0.249. The van der Waals surface area contributed by atoms with Gasteiger partial charge in [-0.05, 0) is 25.5 Å². The first kappa shape index (κ1) is 13.8. The molecule has 1 atom stereocenters. The molecule has 0 aliphatic heterocycles. The van der Waals surface area contributed by atoms with Crippen molar-refractivity contribution in [2.24, 2.45) is 0 Å². The molecule has 5 nitrogen and oxygen atoms in total. The van der Waals surface area contributed by atoms with E-state index in [1.165, 1.54) is 0 Å². The molecule has 0 aromatic heterocycles. The van der Waals surface area contributed by atoms with Gasteiger partial charge in [-0.3, -0.25) is 0 Å². The maximum absolute atomic E-state index is 11.6. The molecule has 5 heteroatoms. The Bertz CT molecular complexity index is 440. The predicted octanol–water partition coefficient (Wildman–Crippen LogP) is 2.51. The Morgan fingerprint density at radius 2 is 2.33 bits per heavy atom. The minimum Gasteiger partial charge on any atom is -0.479 e. The quantitative estimate of drug-likeness (QED) is 0.839. The second-order valence-electron chi connectivity index (χ2n) is 3.88. The average molecular weight is 247 g/mol. The second-order valence-corrected chi connectivity index (χ2v) is 3.88. The Hall–Kier alpha value is -2.22. The van der Waals surface area contributed by atoms with Gasteiger partial charge < -0.3 is 15.4 Å². The van der Waals surface area contributed by atoms with E-state index in [0.717, 1.165) is 6.42 Å². The number of ether oxygens (including phenoxy) is 1. The van der Waals surface area contributed by atoms with Crippen LogP contribution in [0.15, 0.2) is 24.3 Å². The van der Waals surface area contributed by atoms with Crippen LogP contribution in [0.5, 0.6) is 5.75 Å². The molecule has 0 radical (unpaired) electrons. The number of benzene rings is 1. The third kappa shape index (κ3) is 4.74. The summed E-state index contributed by atoms with van der Waals surface area (Å²) in [5, 5.41) is 13.9. The van der Waals surface area contributed by atoms with Crippen LogP contribution in [0.1, 0.15) is 20.3 Å². The molecule has 96 valence electrons. The number of carbonyl (C=O) groups excluding carboxylic acids is 1. The largest absolute Gasteiger partial charge is 0.479 e. The Labute approximate surface area is 107 Å². The zero-order valence-electron chi connectivity index (χ0n) is 10.6. The summed E-state index contributed by atoms with van der Waals surface area (Å²) in [5.41, 5.74) is 0.631. The summed E-state index contributed by atoms with van der Waals surface area (Å²) in [7, 11) is 0. The first-order valence-corrected chi connectivity index (χ1v) is 5.83. The van der Waals surface area contributed by atoms with Gasteiger partial charge in [0.05, 0.1) is 0 Å². The topological polar surface area (TPSA) is 74.2 Å². The zero-order valence-corrected chi connectivity index (χ0v) is 10.6. The first-order valence-electron chi connectivity index (χ1n) is 5.83. The molecule has 0 spiro atoms. The number of nitrogens with one attached hydrogen (secondary N) is 2. The van der Waals surface area contributed by atoms with Gasteiger partial charge in [0.1, 0.15) is 11.8 Å². The molecular formula is C13H17N3O2. The number of nitrogens with zero attached hydrogens (tertiary/aromatic N) is 1. The van der Waals surface area contributed by atoms with Gasteiger partial charge in [0.15, 0.2) is 6.61 Å². The molecular weight excluding hydrogens is 230 g/mol. The van der Waals surface area contributed by atoms with Crippen LogP contribution in [-0.4, -0.2) is 18.7 Å². The molecule has 0 aliphatic rings. The van der Waals surface area contributed by atoms with E-state index >= 15 is 0 Å². The summed E-state index contributed by atoms with van der Waals surface area (Å²) in [6.45, 7) is 3.93. The Morgan fingerprint density at radius 3 is 3.00 bits per heavy atom. The minimum atomic E-state index is -0.248. The summed E-state index contributed by atoms with van der Waals surface area (Å²) < 4.78 is 5.15. The fourth-order valence-electron chi connectivity index (χ4n) is 1.27. The van der Waals surface area contributed by atoms with Crippen LogP contribution in [0.4, 0.5) is 10.5 Å². The lowest BCUT2D eigenvalue weighted by atomic mass is 10.2. The van der Waals surface area contributed by atoms with E-state index in [0.29, 0.717) is 11.4 Å². The molecule has 2 amide bonds. The number of anilines is 1. The predicted molar refractivity (Wildman–Crippen MR) is 69.5 cm³/mol. The van der Waals surface area contributed by atoms with Crippen molar-refractivity contribution in [1.29, 1.82) is 5.26 Å². The van der Waals surface area contributed by atoms with Gasteiger partial charge in [-0.1, -0.05) is 13.0 Å². The number of carbonyl (C=O) groups is 1. The highest BCUT2D eigenvalue weighted by Crippen LogP contribution is 2.17. The highest BCUT2D eigenvalue weighted by molar-refractivity contribution is 5.89. The van der Waals surface area contributed by atoms with Crippen molar-refractivity contribution < 1.29 is 9.53 Å². The van der Waals surface area contributed by atoms with Crippen molar-refractivity contribution in [2.45, 2.75) is 26.3 Å². The lowest BCUT2D eigenvalue weighted by Gasteiger charge is -2.13. The van der Waals surface area contributed by atoms with Gasteiger partial charge in [0, 0.05) is 17.8 Å². The smallest absolute Gasteiger partial charge is 0.319 e. The standard InChI is InChI=1S/C13H17N3O2/c1-3-10(2)15-13(17)16-11-5-4-6-12(9-11)18-8-7-14/h4-6,9-10H,3,8H2,1-2H3,(H2,15,16,17). The van der Waals surface area contributed by atoms with Crippen molar-refractivity contribution in [3.05, 3.63) is 24.3 Å². The van der Waals surface area contributed by atoms with Crippen LogP contribution in [0.25, 0.3) is 0 Å². The summed E-state index contributed by atoms with van der Waals surface area (Å²) >= 11 is 0. The van der Waals surface area contributed by atoms with Crippen LogP contribution in [-0.2, 0) is 0 Å². The third-order valence-electron chi connectivity index (χ3n) is 2.39. The van der Waals surface area contributed by atoms with Gasteiger partial charge in [0.2, 0.25) is 0 Å². The van der Waals surface area contributed by atoms with Crippen LogP contribution < -0.4 is 15.4 Å². The Morgan fingerprint density at radius 1 is 1.56 bits per heavy atom. The second kappa shape index (κ2) is 7.17. The number of nitriles is 1. The summed E-state index contributed by atoms with van der Waals surface area (Å²) in [5.74, 6) is 0.554. The highest BCUT2D eigenvalue weighted by atomic mass is 16.5. The van der Waals surface area contributed by atoms with Crippen LogP contribution >= 0.6 is 0 Å². The van der Waals surface area contributed by atoms with Crippen molar-refractivity contribution in [2.75, 3.05) is 11.9 Å². The zero-order chi connectivity index (χ0) is 13.4. The lowest BCUT2D eigenvalue weighted by Crippen LogP contribution is -2.35. The van der Waals surface area contributed by atoms with Crippen LogP contribution in [0.3, 0.4) is 0 Å². The van der Waals surface area contributed by atoms with Crippen molar-refractivity contribution in [3.63, 3.8) is 0 Å². The maximum Gasteiger partial charge on any atom is 0.319 e. The molecule has 18 heavy (non-hydrogen) atoms. The SMILES string of the molecule is CCC(C)NC(=O)Nc1cccc(OCC#N)c1. The van der Waals surface area contributed by atoms with Crippen molar-refractivity contribution >= 4 is 11.7 Å². The number of hydrogen-bond acceptors (Lipinski definition) is 3. The Balaban J connectivity index is 2.56. The van der Waals surface area contributed by atoms with Gasteiger partial charge in [0.25, 0.3) is 0 Å². The molecule has 0 bridgehead atoms. The molecule has 0 heterocycles. The molecule has 2 N–H and O–H groups in total. The van der Waals surface area contributed by atoms with Gasteiger partial charge >= 0.3 is 6.03 Å². The number of urea groups is 1. The maximum atomic E-state index is 11.6. The van der Waals surface area contributed by atoms with E-state index in [1.54, 1.807) is 24.3 Å². The molecule has 0 saturated heterocycles. The molecule has 0 fully saturated rings. The molecule has 1 rings (SSSR count).